The van der Waals surface area contributed by atoms with Crippen LogP contribution < -0.4 is 16.4 Å². The van der Waals surface area contributed by atoms with Crippen LogP contribution in [0.2, 0.25) is 0 Å². The molecule has 0 amide bonds. The number of nitrogens with two attached hydrogens (primary N) is 1. The van der Waals surface area contributed by atoms with E-state index in [4.69, 9.17) is 5.73 Å². The van der Waals surface area contributed by atoms with E-state index in [2.05, 4.69) is 30.6 Å². The Labute approximate surface area is 161 Å². The van der Waals surface area contributed by atoms with Gasteiger partial charge in [-0.1, -0.05) is 12.5 Å². The summed E-state index contributed by atoms with van der Waals surface area (Å²) in [5.41, 5.74) is 6.40. The van der Waals surface area contributed by atoms with Gasteiger partial charge >= 0.3 is 0 Å². The van der Waals surface area contributed by atoms with E-state index < -0.39 is 5.82 Å². The molecule has 0 spiro atoms. The molecule has 146 valence electrons. The highest BCUT2D eigenvalue weighted by Crippen LogP contribution is 2.20. The number of hydrogen-bond acceptors (Lipinski definition) is 7. The first-order valence-corrected chi connectivity index (χ1v) is 8.97. The fraction of sp³-hybridized carbons (Fsp3) is 0.263. The maximum Gasteiger partial charge on any atom is 0.232 e. The molecule has 7 nitrogen and oxygen atoms in total. The van der Waals surface area contributed by atoms with Gasteiger partial charge in [0.2, 0.25) is 11.9 Å². The standard InChI is InChI=1S/C19H21F2N7/c20-14-5-4-6-16(10-14)25-19-27-17(13-9-15(21)12-23-11-13)26-18(28-19)24-8-3-1-2-7-22/h4-6,9-12H,1-3,7-8,22H2,(H2,24,25,26,27,28). The van der Waals surface area contributed by atoms with Crippen LogP contribution in [0.15, 0.2) is 42.7 Å². The lowest BCUT2D eigenvalue weighted by Crippen LogP contribution is -2.10. The van der Waals surface area contributed by atoms with Crippen molar-refractivity contribution in [1.29, 1.82) is 0 Å². The summed E-state index contributed by atoms with van der Waals surface area (Å²) in [4.78, 5) is 16.8. The molecule has 0 unspecified atom stereocenters. The van der Waals surface area contributed by atoms with Crippen LogP contribution in [0.5, 0.6) is 0 Å². The van der Waals surface area contributed by atoms with E-state index in [1.54, 1.807) is 12.1 Å². The number of halogens is 2. The van der Waals surface area contributed by atoms with Gasteiger partial charge in [-0.25, -0.2) is 8.78 Å². The Hall–Kier alpha value is -3.20. The van der Waals surface area contributed by atoms with Crippen molar-refractivity contribution in [3.8, 4) is 11.4 Å². The number of pyridine rings is 1. The number of aromatic nitrogens is 4. The number of rotatable bonds is 9. The Morgan fingerprint density at radius 1 is 0.893 bits per heavy atom. The van der Waals surface area contributed by atoms with E-state index in [1.165, 1.54) is 24.4 Å². The fourth-order valence-electron chi connectivity index (χ4n) is 2.52. The van der Waals surface area contributed by atoms with E-state index in [9.17, 15) is 8.78 Å². The molecule has 0 aliphatic heterocycles. The number of benzene rings is 1. The Bertz CT molecular complexity index is 920. The van der Waals surface area contributed by atoms with Crippen molar-refractivity contribution in [3.63, 3.8) is 0 Å². The smallest absolute Gasteiger partial charge is 0.232 e. The van der Waals surface area contributed by atoms with Gasteiger partial charge in [-0.2, -0.15) is 15.0 Å². The van der Waals surface area contributed by atoms with E-state index in [-0.39, 0.29) is 17.6 Å². The first-order chi connectivity index (χ1) is 13.6. The second kappa shape index (κ2) is 9.65. The molecule has 0 aliphatic rings. The highest BCUT2D eigenvalue weighted by molar-refractivity contribution is 5.60. The number of unbranched alkanes of at least 4 members (excludes halogenated alkanes) is 2. The van der Waals surface area contributed by atoms with Crippen molar-refractivity contribution in [1.82, 2.24) is 19.9 Å². The molecule has 2 aromatic heterocycles. The topological polar surface area (TPSA) is 102 Å². The molecule has 3 rings (SSSR count). The van der Waals surface area contributed by atoms with Crippen molar-refractivity contribution >= 4 is 17.6 Å². The van der Waals surface area contributed by atoms with Crippen molar-refractivity contribution in [3.05, 3.63) is 54.4 Å². The molecule has 3 aromatic rings. The molecule has 0 radical (unpaired) electrons. The summed E-state index contributed by atoms with van der Waals surface area (Å²) in [6.45, 7) is 1.31. The Balaban J connectivity index is 1.85. The summed E-state index contributed by atoms with van der Waals surface area (Å²) in [6.07, 6.45) is 5.42. The summed E-state index contributed by atoms with van der Waals surface area (Å²) in [6, 6.07) is 7.23. The van der Waals surface area contributed by atoms with Crippen molar-refractivity contribution in [2.75, 3.05) is 23.7 Å². The van der Waals surface area contributed by atoms with Gasteiger partial charge in [-0.05, 0) is 43.7 Å². The zero-order valence-corrected chi connectivity index (χ0v) is 15.2. The molecule has 0 atom stereocenters. The van der Waals surface area contributed by atoms with Crippen LogP contribution in [-0.4, -0.2) is 33.0 Å². The maximum atomic E-state index is 13.5. The summed E-state index contributed by atoms with van der Waals surface area (Å²) < 4.78 is 27.0. The molecule has 0 saturated carbocycles. The first kappa shape index (κ1) is 19.6. The van der Waals surface area contributed by atoms with Gasteiger partial charge in [0.15, 0.2) is 5.82 Å². The monoisotopic (exact) mass is 385 g/mol. The molecule has 0 aliphatic carbocycles. The molecule has 1 aromatic carbocycles. The zero-order chi connectivity index (χ0) is 19.8. The average molecular weight is 385 g/mol. The van der Waals surface area contributed by atoms with Crippen molar-refractivity contribution < 1.29 is 8.78 Å². The van der Waals surface area contributed by atoms with E-state index in [0.29, 0.717) is 30.3 Å². The van der Waals surface area contributed by atoms with Crippen LogP contribution in [0.4, 0.5) is 26.4 Å². The largest absolute Gasteiger partial charge is 0.354 e. The summed E-state index contributed by atoms with van der Waals surface area (Å²) in [5, 5.41) is 6.08. The second-order valence-electron chi connectivity index (χ2n) is 6.11. The Morgan fingerprint density at radius 3 is 2.54 bits per heavy atom. The van der Waals surface area contributed by atoms with Gasteiger partial charge in [-0.15, -0.1) is 0 Å². The normalized spacial score (nSPS) is 10.7. The lowest BCUT2D eigenvalue weighted by molar-refractivity contribution is 0.621. The molecule has 0 saturated heterocycles. The van der Waals surface area contributed by atoms with Crippen LogP contribution in [0.25, 0.3) is 11.4 Å². The third-order valence-corrected chi connectivity index (χ3v) is 3.84. The van der Waals surface area contributed by atoms with Crippen molar-refractivity contribution in [2.24, 2.45) is 5.73 Å². The maximum absolute atomic E-state index is 13.5. The minimum Gasteiger partial charge on any atom is -0.354 e. The van der Waals surface area contributed by atoms with Crippen LogP contribution in [0.1, 0.15) is 19.3 Å². The third-order valence-electron chi connectivity index (χ3n) is 3.84. The number of hydrogen-bond donors (Lipinski definition) is 3. The first-order valence-electron chi connectivity index (χ1n) is 8.97. The molecular formula is C19H21F2N7. The predicted octanol–water partition coefficient (Wildman–Crippen LogP) is 3.50. The van der Waals surface area contributed by atoms with Gasteiger partial charge in [0.25, 0.3) is 0 Å². The average Bonchev–Trinajstić information content (AvgIpc) is 2.68. The third kappa shape index (κ3) is 5.65. The van der Waals surface area contributed by atoms with Crippen LogP contribution >= 0.6 is 0 Å². The Morgan fingerprint density at radius 2 is 1.75 bits per heavy atom. The van der Waals surface area contributed by atoms with Crippen LogP contribution in [0, 0.1) is 11.6 Å². The lowest BCUT2D eigenvalue weighted by atomic mass is 10.2. The predicted molar refractivity (Wildman–Crippen MR) is 104 cm³/mol. The minimum absolute atomic E-state index is 0.212. The minimum atomic E-state index is -0.492. The molecule has 0 fully saturated rings. The molecule has 4 N–H and O–H groups in total. The zero-order valence-electron chi connectivity index (χ0n) is 15.2. The van der Waals surface area contributed by atoms with Crippen LogP contribution in [0.3, 0.4) is 0 Å². The number of anilines is 3. The highest BCUT2D eigenvalue weighted by Gasteiger charge is 2.10. The van der Waals surface area contributed by atoms with E-state index in [1.807, 2.05) is 0 Å². The van der Waals surface area contributed by atoms with Crippen molar-refractivity contribution in [2.45, 2.75) is 19.3 Å². The lowest BCUT2D eigenvalue weighted by Gasteiger charge is -2.10. The second-order valence-corrected chi connectivity index (χ2v) is 6.11. The summed E-state index contributed by atoms with van der Waals surface area (Å²) in [5.74, 6) is -0.0729. The SMILES string of the molecule is NCCCCCNc1nc(Nc2cccc(F)c2)nc(-c2cncc(F)c2)n1. The van der Waals surface area contributed by atoms with Gasteiger partial charge in [0.1, 0.15) is 11.6 Å². The van der Waals surface area contributed by atoms with Gasteiger partial charge in [-0.3, -0.25) is 4.98 Å². The molecular weight excluding hydrogens is 364 g/mol. The number of nitrogens with zero attached hydrogens (tertiary/aromatic N) is 4. The molecule has 2 heterocycles. The van der Waals surface area contributed by atoms with E-state index >= 15 is 0 Å². The van der Waals surface area contributed by atoms with Gasteiger partial charge in [0, 0.05) is 24.0 Å². The summed E-state index contributed by atoms with van der Waals surface area (Å²) >= 11 is 0. The van der Waals surface area contributed by atoms with Gasteiger partial charge in [0.05, 0.1) is 6.20 Å². The van der Waals surface area contributed by atoms with Gasteiger partial charge < -0.3 is 16.4 Å². The number of nitrogens with one attached hydrogen (secondary N) is 2. The molecule has 9 heteroatoms. The van der Waals surface area contributed by atoms with E-state index in [0.717, 1.165) is 25.5 Å². The molecule has 28 heavy (non-hydrogen) atoms. The molecule has 0 bridgehead atoms. The van der Waals surface area contributed by atoms with Crippen LogP contribution in [-0.2, 0) is 0 Å². The summed E-state index contributed by atoms with van der Waals surface area (Å²) in [7, 11) is 0. The Kier molecular flexibility index (Phi) is 6.74. The highest BCUT2D eigenvalue weighted by atomic mass is 19.1. The quantitative estimate of drug-likeness (QED) is 0.485. The fourth-order valence-corrected chi connectivity index (χ4v) is 2.52.